The van der Waals surface area contributed by atoms with Gasteiger partial charge in [0.05, 0.1) is 19.8 Å². The average Bonchev–Trinajstić information content (AvgIpc) is 3.19. The van der Waals surface area contributed by atoms with Crippen LogP contribution in [0.3, 0.4) is 0 Å². The summed E-state index contributed by atoms with van der Waals surface area (Å²) in [6.45, 7) is 3.39. The van der Waals surface area contributed by atoms with E-state index in [4.69, 9.17) is 9.47 Å². The Morgan fingerprint density at radius 1 is 1.25 bits per heavy atom. The summed E-state index contributed by atoms with van der Waals surface area (Å²) in [5, 5.41) is 0. The Morgan fingerprint density at radius 3 is 2.79 bits per heavy atom. The van der Waals surface area contributed by atoms with E-state index in [0.717, 1.165) is 25.1 Å². The largest absolute Gasteiger partial charge is 0.497 e. The smallest absolute Gasteiger partial charge is 0.242 e. The molecule has 0 spiro atoms. The normalized spacial score (nSPS) is 16.7. The lowest BCUT2D eigenvalue weighted by Gasteiger charge is -2.32. The van der Waals surface area contributed by atoms with Gasteiger partial charge in [-0.15, -0.1) is 0 Å². The molecule has 1 aliphatic heterocycles. The van der Waals surface area contributed by atoms with Crippen molar-refractivity contribution in [3.8, 4) is 11.5 Å². The molecule has 2 aromatic rings. The van der Waals surface area contributed by atoms with E-state index in [1.165, 1.54) is 0 Å². The minimum Gasteiger partial charge on any atom is -0.497 e. The summed E-state index contributed by atoms with van der Waals surface area (Å²) in [6, 6.07) is 5.21. The number of methoxy groups -OCH3 is 2. The number of aryl methyl sites for hydroxylation is 1. The van der Waals surface area contributed by atoms with E-state index in [1.54, 1.807) is 43.5 Å². The second-order valence-electron chi connectivity index (χ2n) is 6.93. The number of carbonyl (C=O) groups excluding carboxylic acids is 2. The number of carbonyl (C=O) groups is 2. The first kappa shape index (κ1) is 19.9. The van der Waals surface area contributed by atoms with E-state index in [-0.39, 0.29) is 24.2 Å². The number of aromatic nitrogens is 2. The highest BCUT2D eigenvalue weighted by molar-refractivity contribution is 6.01. The molecule has 0 saturated carbocycles. The Labute approximate surface area is 165 Å². The quantitative estimate of drug-likeness (QED) is 0.685. The van der Waals surface area contributed by atoms with Gasteiger partial charge in [-0.3, -0.25) is 9.59 Å². The molecule has 1 aliphatic rings. The van der Waals surface area contributed by atoms with E-state index < -0.39 is 0 Å². The summed E-state index contributed by atoms with van der Waals surface area (Å²) in [4.78, 5) is 31.9. The fraction of sp³-hybridized carbons (Fsp3) is 0.476. The van der Waals surface area contributed by atoms with Gasteiger partial charge in [0.15, 0.2) is 5.78 Å². The minimum absolute atomic E-state index is 0.00822. The molecule has 2 heterocycles. The van der Waals surface area contributed by atoms with Gasteiger partial charge in [0.1, 0.15) is 23.9 Å². The molecule has 150 valence electrons. The van der Waals surface area contributed by atoms with Crippen molar-refractivity contribution in [1.29, 1.82) is 0 Å². The van der Waals surface area contributed by atoms with Crippen molar-refractivity contribution in [3.05, 3.63) is 42.0 Å². The minimum atomic E-state index is -0.228. The summed E-state index contributed by atoms with van der Waals surface area (Å²) < 4.78 is 12.5. The molecule has 1 aromatic carbocycles. The number of hydrogen-bond acceptors (Lipinski definition) is 5. The molecule has 0 radical (unpaired) electrons. The number of rotatable bonds is 7. The van der Waals surface area contributed by atoms with Gasteiger partial charge in [0.2, 0.25) is 5.91 Å². The predicted molar refractivity (Wildman–Crippen MR) is 105 cm³/mol. The van der Waals surface area contributed by atoms with Crippen molar-refractivity contribution >= 4 is 11.7 Å². The molecular formula is C21H27N3O4. The zero-order valence-corrected chi connectivity index (χ0v) is 16.7. The monoisotopic (exact) mass is 385 g/mol. The fourth-order valence-corrected chi connectivity index (χ4v) is 3.68. The Bertz CT molecular complexity index is 846. The molecular weight excluding hydrogens is 358 g/mol. The number of Topliss-reactive ketones (excluding diaryl/α,β-unsaturated/α-hetero) is 1. The molecule has 0 bridgehead atoms. The summed E-state index contributed by atoms with van der Waals surface area (Å²) in [5.74, 6) is 1.83. The number of hydrogen-bond donors (Lipinski definition) is 0. The number of likely N-dealkylation sites (tertiary alicyclic amines) is 1. The number of amides is 1. The number of benzene rings is 1. The molecule has 1 unspecified atom stereocenters. The molecule has 7 nitrogen and oxygen atoms in total. The van der Waals surface area contributed by atoms with E-state index in [2.05, 4.69) is 4.98 Å². The molecule has 1 atom stereocenters. The van der Waals surface area contributed by atoms with Crippen molar-refractivity contribution in [2.75, 3.05) is 27.3 Å². The highest BCUT2D eigenvalue weighted by Gasteiger charge is 2.30. The number of imidazole rings is 1. The van der Waals surface area contributed by atoms with Crippen LogP contribution in [-0.2, 0) is 17.8 Å². The van der Waals surface area contributed by atoms with Crippen LogP contribution in [0.2, 0.25) is 0 Å². The Morgan fingerprint density at radius 2 is 2.07 bits per heavy atom. The van der Waals surface area contributed by atoms with Crippen LogP contribution < -0.4 is 9.47 Å². The third kappa shape index (κ3) is 4.18. The second kappa shape index (κ2) is 8.91. The molecule has 1 amide bonds. The van der Waals surface area contributed by atoms with Crippen LogP contribution in [0.15, 0.2) is 30.6 Å². The van der Waals surface area contributed by atoms with Crippen molar-refractivity contribution in [1.82, 2.24) is 14.5 Å². The first-order valence-electron chi connectivity index (χ1n) is 9.61. The number of ether oxygens (including phenoxy) is 2. The van der Waals surface area contributed by atoms with Gasteiger partial charge in [0, 0.05) is 43.9 Å². The van der Waals surface area contributed by atoms with Crippen LogP contribution in [0, 0.1) is 5.92 Å². The topological polar surface area (TPSA) is 73.7 Å². The van der Waals surface area contributed by atoms with Crippen LogP contribution >= 0.6 is 0 Å². The zero-order valence-electron chi connectivity index (χ0n) is 16.7. The molecule has 7 heteroatoms. The van der Waals surface area contributed by atoms with Gasteiger partial charge in [-0.1, -0.05) is 6.92 Å². The van der Waals surface area contributed by atoms with Gasteiger partial charge in [0.25, 0.3) is 0 Å². The van der Waals surface area contributed by atoms with Crippen molar-refractivity contribution < 1.29 is 19.1 Å². The summed E-state index contributed by atoms with van der Waals surface area (Å²) in [7, 11) is 3.11. The molecule has 28 heavy (non-hydrogen) atoms. The van der Waals surface area contributed by atoms with Gasteiger partial charge in [-0.2, -0.15) is 0 Å². The van der Waals surface area contributed by atoms with Crippen LogP contribution in [0.5, 0.6) is 11.5 Å². The first-order chi connectivity index (χ1) is 13.6. The standard InChI is InChI=1S/C21H27N3O4/c1-4-19-22-9-11-23(19)14-20(25)24-10-5-6-15(13-24)21(26)17-8-7-16(27-2)12-18(17)28-3/h7-9,11-12,15H,4-6,10,13-14H2,1-3H3. The lowest BCUT2D eigenvalue weighted by Crippen LogP contribution is -2.43. The molecule has 0 aliphatic carbocycles. The fourth-order valence-electron chi connectivity index (χ4n) is 3.68. The van der Waals surface area contributed by atoms with Gasteiger partial charge >= 0.3 is 0 Å². The number of piperidine rings is 1. The number of nitrogens with zero attached hydrogens (tertiary/aromatic N) is 3. The van der Waals surface area contributed by atoms with E-state index in [1.807, 2.05) is 17.7 Å². The Balaban J connectivity index is 1.70. The second-order valence-corrected chi connectivity index (χ2v) is 6.93. The number of ketones is 1. The lowest BCUT2D eigenvalue weighted by atomic mass is 9.89. The molecule has 1 aromatic heterocycles. The van der Waals surface area contributed by atoms with Gasteiger partial charge in [-0.05, 0) is 25.0 Å². The predicted octanol–water partition coefficient (Wildman–Crippen LogP) is 2.58. The van der Waals surface area contributed by atoms with E-state index in [0.29, 0.717) is 30.2 Å². The highest BCUT2D eigenvalue weighted by Crippen LogP contribution is 2.29. The summed E-state index contributed by atoms with van der Waals surface area (Å²) in [5.41, 5.74) is 0.533. The summed E-state index contributed by atoms with van der Waals surface area (Å²) in [6.07, 6.45) is 5.89. The van der Waals surface area contributed by atoms with Crippen LogP contribution in [0.1, 0.15) is 35.9 Å². The van der Waals surface area contributed by atoms with Crippen molar-refractivity contribution in [2.45, 2.75) is 32.7 Å². The Hall–Kier alpha value is -2.83. The third-order valence-electron chi connectivity index (χ3n) is 5.24. The van der Waals surface area contributed by atoms with Crippen LogP contribution in [0.25, 0.3) is 0 Å². The average molecular weight is 385 g/mol. The van der Waals surface area contributed by atoms with Gasteiger partial charge < -0.3 is 18.9 Å². The zero-order chi connectivity index (χ0) is 20.1. The Kier molecular flexibility index (Phi) is 6.34. The first-order valence-corrected chi connectivity index (χ1v) is 9.61. The molecule has 3 rings (SSSR count). The maximum absolute atomic E-state index is 13.1. The van der Waals surface area contributed by atoms with Crippen molar-refractivity contribution in [2.24, 2.45) is 5.92 Å². The molecule has 1 saturated heterocycles. The van der Waals surface area contributed by atoms with E-state index in [9.17, 15) is 9.59 Å². The SMILES string of the molecule is CCc1nccn1CC(=O)N1CCCC(C(=O)c2ccc(OC)cc2OC)C1. The molecule has 1 fully saturated rings. The van der Waals surface area contributed by atoms with Gasteiger partial charge in [-0.25, -0.2) is 4.98 Å². The maximum atomic E-state index is 13.1. The van der Waals surface area contributed by atoms with Crippen LogP contribution in [-0.4, -0.2) is 53.5 Å². The summed E-state index contributed by atoms with van der Waals surface area (Å²) >= 11 is 0. The van der Waals surface area contributed by atoms with Crippen LogP contribution in [0.4, 0.5) is 0 Å². The van der Waals surface area contributed by atoms with Crippen molar-refractivity contribution in [3.63, 3.8) is 0 Å². The highest BCUT2D eigenvalue weighted by atomic mass is 16.5. The lowest BCUT2D eigenvalue weighted by molar-refractivity contribution is -0.133. The molecule has 0 N–H and O–H groups in total. The van der Waals surface area contributed by atoms with E-state index >= 15 is 0 Å². The maximum Gasteiger partial charge on any atom is 0.242 e. The third-order valence-corrected chi connectivity index (χ3v) is 5.24.